The van der Waals surface area contributed by atoms with Crippen molar-refractivity contribution in [3.63, 3.8) is 0 Å². The number of fused-ring (bicyclic) bond motifs is 1. The zero-order chi connectivity index (χ0) is 16.2. The number of carbonyl (C=O) groups excluding carboxylic acids is 1. The largest absolute Gasteiger partial charge is 0.390 e. The van der Waals surface area contributed by atoms with Crippen LogP contribution in [0.3, 0.4) is 0 Å². The predicted molar refractivity (Wildman–Crippen MR) is 85.5 cm³/mol. The van der Waals surface area contributed by atoms with Gasteiger partial charge in [0.1, 0.15) is 5.82 Å². The second-order valence-corrected chi connectivity index (χ2v) is 5.73. The van der Waals surface area contributed by atoms with Crippen molar-refractivity contribution in [1.29, 1.82) is 0 Å². The molecule has 3 N–H and O–H groups in total. The standard InChI is InChI=1S/C18H19FN2O2/c19-14-6-3-4-12(10-14)8-9-20-18(23)21-17-15-7-2-1-5-13(15)11-16(17)22/h1-7,10,16-17,22H,8-9,11H2,(H2,20,21,23)/t16-,17+/m1/s1. The lowest BCUT2D eigenvalue weighted by atomic mass is 10.1. The molecule has 3 rings (SSSR count). The van der Waals surface area contributed by atoms with Crippen LogP contribution in [0.25, 0.3) is 0 Å². The molecule has 0 bridgehead atoms. The number of hydrogen-bond acceptors (Lipinski definition) is 2. The summed E-state index contributed by atoms with van der Waals surface area (Å²) >= 11 is 0. The van der Waals surface area contributed by atoms with Crippen molar-refractivity contribution in [2.75, 3.05) is 6.54 Å². The second kappa shape index (κ2) is 6.79. The number of benzene rings is 2. The molecule has 2 aromatic rings. The van der Waals surface area contributed by atoms with Gasteiger partial charge in [-0.15, -0.1) is 0 Å². The number of amides is 2. The van der Waals surface area contributed by atoms with Gasteiger partial charge in [-0.25, -0.2) is 9.18 Å². The van der Waals surface area contributed by atoms with E-state index >= 15 is 0 Å². The van der Waals surface area contributed by atoms with E-state index in [4.69, 9.17) is 0 Å². The molecule has 0 heterocycles. The van der Waals surface area contributed by atoms with Gasteiger partial charge in [0.05, 0.1) is 12.1 Å². The molecule has 0 saturated carbocycles. The van der Waals surface area contributed by atoms with Crippen molar-refractivity contribution in [3.05, 3.63) is 71.0 Å². The summed E-state index contributed by atoms with van der Waals surface area (Å²) in [5.41, 5.74) is 2.85. The maximum Gasteiger partial charge on any atom is 0.315 e. The summed E-state index contributed by atoms with van der Waals surface area (Å²) in [5, 5.41) is 15.7. The third kappa shape index (κ3) is 3.68. The SMILES string of the molecule is O=C(NCCc1cccc(F)c1)N[C@H]1c2ccccc2C[C@H]1O. The van der Waals surface area contributed by atoms with Gasteiger partial charge in [0.2, 0.25) is 0 Å². The topological polar surface area (TPSA) is 61.4 Å². The molecule has 1 aliphatic carbocycles. The Morgan fingerprint density at radius 1 is 1.22 bits per heavy atom. The van der Waals surface area contributed by atoms with Crippen LogP contribution in [0.15, 0.2) is 48.5 Å². The summed E-state index contributed by atoms with van der Waals surface area (Å²) in [5.74, 6) is -0.280. The molecule has 0 fully saturated rings. The number of rotatable bonds is 4. The minimum Gasteiger partial charge on any atom is -0.390 e. The molecule has 2 amide bonds. The van der Waals surface area contributed by atoms with Gasteiger partial charge in [-0.05, 0) is 35.2 Å². The highest BCUT2D eigenvalue weighted by Crippen LogP contribution is 2.30. The highest BCUT2D eigenvalue weighted by atomic mass is 19.1. The van der Waals surface area contributed by atoms with Crippen LogP contribution in [0.4, 0.5) is 9.18 Å². The minimum atomic E-state index is -0.610. The van der Waals surface area contributed by atoms with E-state index in [0.29, 0.717) is 19.4 Å². The molecule has 5 heteroatoms. The lowest BCUT2D eigenvalue weighted by Gasteiger charge is -2.18. The van der Waals surface area contributed by atoms with Crippen molar-refractivity contribution in [3.8, 4) is 0 Å². The highest BCUT2D eigenvalue weighted by molar-refractivity contribution is 5.74. The molecule has 2 atom stereocenters. The molecule has 0 unspecified atom stereocenters. The molecule has 0 spiro atoms. The van der Waals surface area contributed by atoms with Crippen LogP contribution in [0.5, 0.6) is 0 Å². The van der Waals surface area contributed by atoms with Crippen LogP contribution in [0, 0.1) is 5.82 Å². The van der Waals surface area contributed by atoms with Crippen molar-refractivity contribution >= 4 is 6.03 Å². The molecule has 0 aromatic heterocycles. The van der Waals surface area contributed by atoms with Crippen LogP contribution in [0.1, 0.15) is 22.7 Å². The van der Waals surface area contributed by atoms with Gasteiger partial charge in [-0.1, -0.05) is 36.4 Å². The van der Waals surface area contributed by atoms with E-state index in [1.165, 1.54) is 12.1 Å². The van der Waals surface area contributed by atoms with Crippen molar-refractivity contribution in [2.45, 2.75) is 25.0 Å². The number of nitrogens with one attached hydrogen (secondary N) is 2. The van der Waals surface area contributed by atoms with Crippen molar-refractivity contribution < 1.29 is 14.3 Å². The quantitative estimate of drug-likeness (QED) is 0.811. The van der Waals surface area contributed by atoms with Gasteiger partial charge in [-0.2, -0.15) is 0 Å². The van der Waals surface area contributed by atoms with E-state index in [1.54, 1.807) is 6.07 Å². The number of carbonyl (C=O) groups is 1. The normalized spacial score (nSPS) is 19.2. The first kappa shape index (κ1) is 15.5. The zero-order valence-electron chi connectivity index (χ0n) is 12.6. The lowest BCUT2D eigenvalue weighted by Crippen LogP contribution is -2.41. The first-order valence-corrected chi connectivity index (χ1v) is 7.68. The molecule has 0 radical (unpaired) electrons. The zero-order valence-corrected chi connectivity index (χ0v) is 12.6. The number of aliphatic hydroxyl groups excluding tert-OH is 1. The molecule has 4 nitrogen and oxygen atoms in total. The summed E-state index contributed by atoms with van der Waals surface area (Å²) in [4.78, 5) is 12.0. The third-order valence-electron chi connectivity index (χ3n) is 4.08. The number of hydrogen-bond donors (Lipinski definition) is 3. The Balaban J connectivity index is 1.52. The monoisotopic (exact) mass is 314 g/mol. The molecule has 1 aliphatic rings. The molecule has 23 heavy (non-hydrogen) atoms. The smallest absolute Gasteiger partial charge is 0.315 e. The summed E-state index contributed by atoms with van der Waals surface area (Å²) in [6, 6.07) is 13.3. The summed E-state index contributed by atoms with van der Waals surface area (Å²) in [6.45, 7) is 0.403. The fraction of sp³-hybridized carbons (Fsp3) is 0.278. The van der Waals surface area contributed by atoms with Crippen molar-refractivity contribution in [1.82, 2.24) is 10.6 Å². The number of aliphatic hydroxyl groups is 1. The Kier molecular flexibility index (Phi) is 4.57. The van der Waals surface area contributed by atoms with E-state index < -0.39 is 6.10 Å². The molecular formula is C18H19FN2O2. The third-order valence-corrected chi connectivity index (χ3v) is 4.08. The van der Waals surface area contributed by atoms with E-state index in [2.05, 4.69) is 10.6 Å². The fourth-order valence-corrected chi connectivity index (χ4v) is 2.95. The van der Waals surface area contributed by atoms with Crippen molar-refractivity contribution in [2.24, 2.45) is 0 Å². The molecule has 2 aromatic carbocycles. The van der Waals surface area contributed by atoms with Gasteiger partial charge < -0.3 is 15.7 Å². The van der Waals surface area contributed by atoms with Gasteiger partial charge in [0.25, 0.3) is 0 Å². The molecule has 120 valence electrons. The second-order valence-electron chi connectivity index (χ2n) is 5.73. The maximum atomic E-state index is 13.1. The van der Waals surface area contributed by atoms with Gasteiger partial charge in [-0.3, -0.25) is 0 Å². The highest BCUT2D eigenvalue weighted by Gasteiger charge is 2.31. The fourth-order valence-electron chi connectivity index (χ4n) is 2.95. The maximum absolute atomic E-state index is 13.1. The Hall–Kier alpha value is -2.40. The van der Waals surface area contributed by atoms with Gasteiger partial charge >= 0.3 is 6.03 Å². The average molecular weight is 314 g/mol. The van der Waals surface area contributed by atoms with Crippen LogP contribution in [-0.2, 0) is 12.8 Å². The van der Waals surface area contributed by atoms with E-state index in [0.717, 1.165) is 16.7 Å². The lowest BCUT2D eigenvalue weighted by molar-refractivity contribution is 0.142. The first-order valence-electron chi connectivity index (χ1n) is 7.68. The Bertz CT molecular complexity index is 705. The Labute approximate surface area is 134 Å². The van der Waals surface area contributed by atoms with Crippen LogP contribution in [-0.4, -0.2) is 23.8 Å². The number of urea groups is 1. The average Bonchev–Trinajstić information content (AvgIpc) is 2.83. The van der Waals surface area contributed by atoms with Crippen LogP contribution in [0.2, 0.25) is 0 Å². The molecule has 0 aliphatic heterocycles. The number of halogens is 1. The van der Waals surface area contributed by atoms with E-state index in [1.807, 2.05) is 30.3 Å². The summed E-state index contributed by atoms with van der Waals surface area (Å²) < 4.78 is 13.1. The summed E-state index contributed by atoms with van der Waals surface area (Å²) in [6.07, 6.45) is 0.487. The first-order chi connectivity index (χ1) is 11.1. The van der Waals surface area contributed by atoms with E-state index in [9.17, 15) is 14.3 Å². The molecular weight excluding hydrogens is 295 g/mol. The van der Waals surface area contributed by atoms with Crippen LogP contribution < -0.4 is 10.6 Å². The Morgan fingerprint density at radius 3 is 2.87 bits per heavy atom. The molecule has 0 saturated heterocycles. The Morgan fingerprint density at radius 2 is 2.04 bits per heavy atom. The van der Waals surface area contributed by atoms with Crippen LogP contribution >= 0.6 is 0 Å². The minimum absolute atomic E-state index is 0.280. The van der Waals surface area contributed by atoms with E-state index in [-0.39, 0.29) is 17.9 Å². The summed E-state index contributed by atoms with van der Waals surface area (Å²) in [7, 11) is 0. The van der Waals surface area contributed by atoms with Gasteiger partial charge in [0.15, 0.2) is 0 Å². The van der Waals surface area contributed by atoms with Gasteiger partial charge in [0, 0.05) is 13.0 Å². The predicted octanol–water partition coefficient (Wildman–Crippen LogP) is 2.33.